The summed E-state index contributed by atoms with van der Waals surface area (Å²) < 4.78 is 2.15. The Morgan fingerprint density at radius 1 is 1.10 bits per heavy atom. The van der Waals surface area contributed by atoms with Crippen molar-refractivity contribution in [3.8, 4) is 5.69 Å². The Labute approximate surface area is 118 Å². The molecule has 0 saturated heterocycles. The Bertz CT molecular complexity index is 771. The summed E-state index contributed by atoms with van der Waals surface area (Å²) in [6, 6.07) is 14.3. The van der Waals surface area contributed by atoms with Crippen LogP contribution in [0.4, 0.5) is 11.4 Å². The van der Waals surface area contributed by atoms with Gasteiger partial charge in [0.2, 0.25) is 0 Å². The van der Waals surface area contributed by atoms with E-state index in [2.05, 4.69) is 38.7 Å². The van der Waals surface area contributed by atoms with Crippen molar-refractivity contribution in [2.45, 2.75) is 6.92 Å². The summed E-state index contributed by atoms with van der Waals surface area (Å²) in [7, 11) is 4.08. The third kappa shape index (κ3) is 1.99. The lowest BCUT2D eigenvalue weighted by Crippen LogP contribution is -2.09. The third-order valence-corrected chi connectivity index (χ3v) is 3.45. The molecule has 1 heterocycles. The second kappa shape index (κ2) is 4.56. The highest BCUT2D eigenvalue weighted by Gasteiger charge is 2.10. The molecular weight excluding hydrogens is 248 g/mol. The number of hydrogen-bond donors (Lipinski definition) is 1. The molecule has 0 bridgehead atoms. The minimum Gasteiger partial charge on any atom is -0.399 e. The van der Waals surface area contributed by atoms with Crippen molar-refractivity contribution in [2.24, 2.45) is 0 Å². The van der Waals surface area contributed by atoms with Gasteiger partial charge in [-0.3, -0.25) is 4.57 Å². The van der Waals surface area contributed by atoms with Crippen LogP contribution in [-0.2, 0) is 0 Å². The van der Waals surface area contributed by atoms with Crippen molar-refractivity contribution in [3.05, 3.63) is 48.3 Å². The van der Waals surface area contributed by atoms with E-state index in [0.29, 0.717) is 0 Å². The fourth-order valence-electron chi connectivity index (χ4n) is 2.45. The molecule has 3 aromatic rings. The second-order valence-corrected chi connectivity index (χ2v) is 5.16. The fraction of sp³-hybridized carbons (Fsp3) is 0.188. The van der Waals surface area contributed by atoms with E-state index in [-0.39, 0.29) is 0 Å². The van der Waals surface area contributed by atoms with Gasteiger partial charge in [-0.05, 0) is 43.3 Å². The van der Waals surface area contributed by atoms with Gasteiger partial charge in [-0.2, -0.15) is 0 Å². The quantitative estimate of drug-likeness (QED) is 0.725. The van der Waals surface area contributed by atoms with Crippen LogP contribution >= 0.6 is 0 Å². The van der Waals surface area contributed by atoms with Gasteiger partial charge in [0.25, 0.3) is 0 Å². The zero-order chi connectivity index (χ0) is 14.3. The van der Waals surface area contributed by atoms with Gasteiger partial charge < -0.3 is 10.6 Å². The van der Waals surface area contributed by atoms with Crippen molar-refractivity contribution in [1.29, 1.82) is 0 Å². The molecule has 4 heteroatoms. The Morgan fingerprint density at radius 2 is 1.90 bits per heavy atom. The zero-order valence-electron chi connectivity index (χ0n) is 12.0. The molecule has 1 aromatic heterocycles. The Hall–Kier alpha value is -2.49. The molecule has 0 fully saturated rings. The van der Waals surface area contributed by atoms with Crippen LogP contribution in [0.25, 0.3) is 16.7 Å². The first-order valence-electron chi connectivity index (χ1n) is 6.58. The van der Waals surface area contributed by atoms with Gasteiger partial charge in [0.15, 0.2) is 0 Å². The van der Waals surface area contributed by atoms with Gasteiger partial charge >= 0.3 is 0 Å². The van der Waals surface area contributed by atoms with Crippen LogP contribution in [0.15, 0.2) is 42.5 Å². The predicted octanol–water partition coefficient (Wildman–Crippen LogP) is 2.98. The molecule has 0 amide bonds. The summed E-state index contributed by atoms with van der Waals surface area (Å²) in [5, 5.41) is 0. The van der Waals surface area contributed by atoms with E-state index in [0.717, 1.165) is 28.2 Å². The molecule has 0 aliphatic heterocycles. The highest BCUT2D eigenvalue weighted by Crippen LogP contribution is 2.25. The van der Waals surface area contributed by atoms with E-state index in [9.17, 15) is 0 Å². The van der Waals surface area contributed by atoms with Crippen LogP contribution in [-0.4, -0.2) is 23.6 Å². The van der Waals surface area contributed by atoms with Crippen molar-refractivity contribution in [3.63, 3.8) is 0 Å². The lowest BCUT2D eigenvalue weighted by atomic mass is 10.2. The monoisotopic (exact) mass is 266 g/mol. The predicted molar refractivity (Wildman–Crippen MR) is 84.5 cm³/mol. The SMILES string of the molecule is Cc1nc2cc(N)ccc2n1-c1cccc(N(C)C)c1. The van der Waals surface area contributed by atoms with Gasteiger partial charge in [-0.15, -0.1) is 0 Å². The smallest absolute Gasteiger partial charge is 0.111 e. The molecule has 0 aliphatic rings. The van der Waals surface area contributed by atoms with E-state index in [1.54, 1.807) is 0 Å². The van der Waals surface area contributed by atoms with E-state index >= 15 is 0 Å². The zero-order valence-corrected chi connectivity index (χ0v) is 12.0. The molecule has 0 saturated carbocycles. The molecule has 4 nitrogen and oxygen atoms in total. The molecule has 0 atom stereocenters. The maximum Gasteiger partial charge on any atom is 0.111 e. The van der Waals surface area contributed by atoms with Gasteiger partial charge in [-0.25, -0.2) is 4.98 Å². The number of aromatic nitrogens is 2. The first-order valence-corrected chi connectivity index (χ1v) is 6.58. The average molecular weight is 266 g/mol. The number of imidazole rings is 1. The number of rotatable bonds is 2. The number of aryl methyl sites for hydroxylation is 1. The van der Waals surface area contributed by atoms with Gasteiger partial charge in [0.05, 0.1) is 11.0 Å². The topological polar surface area (TPSA) is 47.1 Å². The number of fused-ring (bicyclic) bond motifs is 1. The number of benzene rings is 2. The summed E-state index contributed by atoms with van der Waals surface area (Å²) >= 11 is 0. The van der Waals surface area contributed by atoms with Gasteiger partial charge in [0, 0.05) is 31.2 Å². The summed E-state index contributed by atoms with van der Waals surface area (Å²) in [5.41, 5.74) is 10.9. The van der Waals surface area contributed by atoms with Crippen LogP contribution in [0.2, 0.25) is 0 Å². The molecule has 2 N–H and O–H groups in total. The van der Waals surface area contributed by atoms with Crippen molar-refractivity contribution in [2.75, 3.05) is 24.7 Å². The number of nitrogens with two attached hydrogens (primary N) is 1. The van der Waals surface area contributed by atoms with E-state index in [1.807, 2.05) is 39.2 Å². The summed E-state index contributed by atoms with van der Waals surface area (Å²) in [5.74, 6) is 0.960. The van der Waals surface area contributed by atoms with Crippen LogP contribution in [0, 0.1) is 6.92 Å². The molecule has 0 radical (unpaired) electrons. The Morgan fingerprint density at radius 3 is 2.65 bits per heavy atom. The third-order valence-electron chi connectivity index (χ3n) is 3.45. The standard InChI is InChI=1S/C16H18N4/c1-11-18-15-9-12(17)7-8-16(15)20(11)14-6-4-5-13(10-14)19(2)3/h4-10H,17H2,1-3H3. The van der Waals surface area contributed by atoms with Crippen LogP contribution in [0.1, 0.15) is 5.82 Å². The fourth-order valence-corrected chi connectivity index (χ4v) is 2.45. The first-order chi connectivity index (χ1) is 9.56. The van der Waals surface area contributed by atoms with E-state index < -0.39 is 0 Å². The average Bonchev–Trinajstić information content (AvgIpc) is 2.73. The summed E-state index contributed by atoms with van der Waals surface area (Å²) in [4.78, 5) is 6.69. The second-order valence-electron chi connectivity index (χ2n) is 5.16. The Balaban J connectivity index is 2.24. The van der Waals surface area contributed by atoms with Crippen molar-refractivity contribution < 1.29 is 0 Å². The molecule has 3 rings (SSSR count). The van der Waals surface area contributed by atoms with Crippen LogP contribution < -0.4 is 10.6 Å². The summed E-state index contributed by atoms with van der Waals surface area (Å²) in [6.45, 7) is 2.01. The van der Waals surface area contributed by atoms with E-state index in [4.69, 9.17) is 5.73 Å². The lowest BCUT2D eigenvalue weighted by Gasteiger charge is -2.15. The number of anilines is 2. The van der Waals surface area contributed by atoms with Crippen LogP contribution in [0.3, 0.4) is 0 Å². The van der Waals surface area contributed by atoms with Crippen molar-refractivity contribution in [1.82, 2.24) is 9.55 Å². The lowest BCUT2D eigenvalue weighted by molar-refractivity contribution is 0.997. The minimum absolute atomic E-state index is 0.740. The van der Waals surface area contributed by atoms with Gasteiger partial charge in [-0.1, -0.05) is 6.07 Å². The molecular formula is C16H18N4. The van der Waals surface area contributed by atoms with Gasteiger partial charge in [0.1, 0.15) is 5.82 Å². The molecule has 0 spiro atoms. The molecule has 102 valence electrons. The maximum absolute atomic E-state index is 5.83. The highest BCUT2D eigenvalue weighted by atomic mass is 15.1. The number of nitrogen functional groups attached to an aromatic ring is 1. The normalized spacial score (nSPS) is 10.9. The number of hydrogen-bond acceptors (Lipinski definition) is 3. The van der Waals surface area contributed by atoms with Crippen LogP contribution in [0.5, 0.6) is 0 Å². The summed E-state index contributed by atoms with van der Waals surface area (Å²) in [6.07, 6.45) is 0. The first kappa shape index (κ1) is 12.5. The molecule has 2 aromatic carbocycles. The van der Waals surface area contributed by atoms with Crippen molar-refractivity contribution >= 4 is 22.4 Å². The number of nitrogens with zero attached hydrogens (tertiary/aromatic N) is 3. The molecule has 20 heavy (non-hydrogen) atoms. The Kier molecular flexibility index (Phi) is 2.86. The van der Waals surface area contributed by atoms with E-state index in [1.165, 1.54) is 5.69 Å². The molecule has 0 unspecified atom stereocenters. The maximum atomic E-state index is 5.83. The largest absolute Gasteiger partial charge is 0.399 e. The molecule has 0 aliphatic carbocycles. The minimum atomic E-state index is 0.740. The highest BCUT2D eigenvalue weighted by molar-refractivity contribution is 5.81.